The van der Waals surface area contributed by atoms with Crippen molar-refractivity contribution in [2.75, 3.05) is 6.61 Å². The second-order valence-electron chi connectivity index (χ2n) is 3.25. The number of rotatable bonds is 6. The first-order chi connectivity index (χ1) is 6.77. The number of esters is 1. The minimum Gasteiger partial charge on any atom is -0.466 e. The largest absolute Gasteiger partial charge is 0.466 e. The SMILES string of the molecule is CCCCC#CCCCCOC(C)=O. The predicted molar refractivity (Wildman–Crippen MR) is 57.8 cm³/mol. The Morgan fingerprint density at radius 2 is 1.79 bits per heavy atom. The lowest BCUT2D eigenvalue weighted by molar-refractivity contribution is -0.141. The minimum atomic E-state index is -0.195. The van der Waals surface area contributed by atoms with Gasteiger partial charge in [-0.3, -0.25) is 4.79 Å². The molecule has 0 aliphatic carbocycles. The normalized spacial score (nSPS) is 9.00. The second kappa shape index (κ2) is 10.1. The second-order valence-corrected chi connectivity index (χ2v) is 3.25. The van der Waals surface area contributed by atoms with E-state index in [-0.39, 0.29) is 5.97 Å². The molecule has 0 bridgehead atoms. The van der Waals surface area contributed by atoms with Crippen LogP contribution in [0.25, 0.3) is 0 Å². The lowest BCUT2D eigenvalue weighted by Gasteiger charge is -1.98. The van der Waals surface area contributed by atoms with Gasteiger partial charge in [0.05, 0.1) is 6.61 Å². The van der Waals surface area contributed by atoms with Crippen molar-refractivity contribution in [1.82, 2.24) is 0 Å². The maximum Gasteiger partial charge on any atom is 0.302 e. The highest BCUT2D eigenvalue weighted by molar-refractivity contribution is 5.65. The van der Waals surface area contributed by atoms with Crippen molar-refractivity contribution < 1.29 is 9.53 Å². The van der Waals surface area contributed by atoms with Gasteiger partial charge < -0.3 is 4.74 Å². The van der Waals surface area contributed by atoms with Crippen molar-refractivity contribution in [3.63, 3.8) is 0 Å². The van der Waals surface area contributed by atoms with E-state index in [9.17, 15) is 4.79 Å². The minimum absolute atomic E-state index is 0.195. The van der Waals surface area contributed by atoms with E-state index in [0.29, 0.717) is 6.61 Å². The fourth-order valence-electron chi connectivity index (χ4n) is 0.973. The third kappa shape index (κ3) is 11.0. The molecule has 80 valence electrons. The van der Waals surface area contributed by atoms with Crippen LogP contribution < -0.4 is 0 Å². The van der Waals surface area contributed by atoms with Crippen LogP contribution >= 0.6 is 0 Å². The Hall–Kier alpha value is -0.970. The lowest BCUT2D eigenvalue weighted by atomic mass is 10.2. The number of carbonyl (C=O) groups excluding carboxylic acids is 1. The molecule has 2 heteroatoms. The number of carbonyl (C=O) groups is 1. The molecule has 0 unspecified atom stereocenters. The van der Waals surface area contributed by atoms with Gasteiger partial charge in [-0.2, -0.15) is 0 Å². The summed E-state index contributed by atoms with van der Waals surface area (Å²) in [6.45, 7) is 4.14. The van der Waals surface area contributed by atoms with E-state index in [1.807, 2.05) is 0 Å². The third-order valence-corrected chi connectivity index (χ3v) is 1.78. The van der Waals surface area contributed by atoms with Gasteiger partial charge in [0, 0.05) is 19.8 Å². The predicted octanol–water partition coefficient (Wildman–Crippen LogP) is 2.91. The molecule has 0 heterocycles. The van der Waals surface area contributed by atoms with E-state index >= 15 is 0 Å². The molecule has 2 nitrogen and oxygen atoms in total. The molecule has 0 rings (SSSR count). The van der Waals surface area contributed by atoms with Gasteiger partial charge in [0.25, 0.3) is 0 Å². The summed E-state index contributed by atoms with van der Waals surface area (Å²) in [5.41, 5.74) is 0. The zero-order valence-electron chi connectivity index (χ0n) is 9.27. The summed E-state index contributed by atoms with van der Waals surface area (Å²) in [4.78, 5) is 10.4. The molecule has 0 aromatic heterocycles. The van der Waals surface area contributed by atoms with Crippen LogP contribution in [-0.4, -0.2) is 12.6 Å². The Morgan fingerprint density at radius 1 is 1.14 bits per heavy atom. The van der Waals surface area contributed by atoms with Gasteiger partial charge in [-0.25, -0.2) is 0 Å². The Balaban J connectivity index is 3.11. The smallest absolute Gasteiger partial charge is 0.302 e. The Kier molecular flexibility index (Phi) is 9.41. The number of hydrogen-bond acceptors (Lipinski definition) is 2. The van der Waals surface area contributed by atoms with Crippen molar-refractivity contribution in [2.45, 2.75) is 52.4 Å². The Bertz CT molecular complexity index is 198. The quantitative estimate of drug-likeness (QED) is 0.371. The highest BCUT2D eigenvalue weighted by atomic mass is 16.5. The molecule has 0 saturated carbocycles. The van der Waals surface area contributed by atoms with E-state index < -0.39 is 0 Å². The van der Waals surface area contributed by atoms with Crippen LogP contribution in [0, 0.1) is 11.8 Å². The first-order valence-corrected chi connectivity index (χ1v) is 5.36. The number of ether oxygens (including phenoxy) is 1. The molecule has 0 aliphatic heterocycles. The molecule has 0 spiro atoms. The fourth-order valence-corrected chi connectivity index (χ4v) is 0.973. The Morgan fingerprint density at radius 3 is 2.36 bits per heavy atom. The molecule has 0 aliphatic rings. The Labute approximate surface area is 87.0 Å². The highest BCUT2D eigenvalue weighted by Crippen LogP contribution is 1.96. The van der Waals surface area contributed by atoms with Crippen LogP contribution in [0.3, 0.4) is 0 Å². The molecule has 0 atom stereocenters. The van der Waals surface area contributed by atoms with Crippen molar-refractivity contribution in [3.8, 4) is 11.8 Å². The number of hydrogen-bond donors (Lipinski definition) is 0. The van der Waals surface area contributed by atoms with Crippen LogP contribution in [0.1, 0.15) is 52.4 Å². The van der Waals surface area contributed by atoms with Gasteiger partial charge in [0.2, 0.25) is 0 Å². The molecule has 0 saturated heterocycles. The zero-order valence-corrected chi connectivity index (χ0v) is 9.27. The van der Waals surface area contributed by atoms with Crippen LogP contribution in [0.4, 0.5) is 0 Å². The molecular weight excluding hydrogens is 176 g/mol. The summed E-state index contributed by atoms with van der Waals surface area (Å²) in [7, 11) is 0. The molecule has 0 fully saturated rings. The molecule has 0 aromatic rings. The summed E-state index contributed by atoms with van der Waals surface area (Å²) in [6.07, 6.45) is 6.28. The van der Waals surface area contributed by atoms with Gasteiger partial charge in [-0.05, 0) is 19.3 Å². The van der Waals surface area contributed by atoms with Gasteiger partial charge in [0.15, 0.2) is 0 Å². The third-order valence-electron chi connectivity index (χ3n) is 1.78. The maximum atomic E-state index is 10.4. The van der Waals surface area contributed by atoms with Gasteiger partial charge >= 0.3 is 5.97 Å². The molecule has 0 radical (unpaired) electrons. The summed E-state index contributed by atoms with van der Waals surface area (Å²) in [5.74, 6) is 6.05. The van der Waals surface area contributed by atoms with E-state index in [0.717, 1.165) is 25.7 Å². The van der Waals surface area contributed by atoms with Gasteiger partial charge in [0.1, 0.15) is 0 Å². The first kappa shape index (κ1) is 13.0. The standard InChI is InChI=1S/C12H20O2/c1-3-4-5-6-7-8-9-10-11-14-12(2)13/h3-5,8-11H2,1-2H3. The summed E-state index contributed by atoms with van der Waals surface area (Å²) >= 11 is 0. The zero-order chi connectivity index (χ0) is 10.6. The lowest BCUT2D eigenvalue weighted by Crippen LogP contribution is -1.99. The van der Waals surface area contributed by atoms with Crippen LogP contribution in [0.15, 0.2) is 0 Å². The van der Waals surface area contributed by atoms with Gasteiger partial charge in [-0.15, -0.1) is 11.8 Å². The molecule has 0 amide bonds. The van der Waals surface area contributed by atoms with Crippen molar-refractivity contribution in [2.24, 2.45) is 0 Å². The summed E-state index contributed by atoms with van der Waals surface area (Å²) in [5, 5.41) is 0. The molecular formula is C12H20O2. The topological polar surface area (TPSA) is 26.3 Å². The molecule has 0 aromatic carbocycles. The molecule has 0 N–H and O–H groups in total. The average molecular weight is 196 g/mol. The van der Waals surface area contributed by atoms with Crippen LogP contribution in [0.2, 0.25) is 0 Å². The summed E-state index contributed by atoms with van der Waals surface area (Å²) in [6, 6.07) is 0. The van der Waals surface area contributed by atoms with E-state index in [2.05, 4.69) is 18.8 Å². The van der Waals surface area contributed by atoms with Crippen molar-refractivity contribution >= 4 is 5.97 Å². The van der Waals surface area contributed by atoms with Crippen LogP contribution in [-0.2, 0) is 9.53 Å². The van der Waals surface area contributed by atoms with Crippen LogP contribution in [0.5, 0.6) is 0 Å². The monoisotopic (exact) mass is 196 g/mol. The fraction of sp³-hybridized carbons (Fsp3) is 0.750. The van der Waals surface area contributed by atoms with E-state index in [4.69, 9.17) is 4.74 Å². The van der Waals surface area contributed by atoms with E-state index in [1.54, 1.807) is 0 Å². The van der Waals surface area contributed by atoms with Crippen molar-refractivity contribution in [1.29, 1.82) is 0 Å². The van der Waals surface area contributed by atoms with Crippen molar-refractivity contribution in [3.05, 3.63) is 0 Å². The summed E-state index contributed by atoms with van der Waals surface area (Å²) < 4.78 is 4.80. The molecule has 14 heavy (non-hydrogen) atoms. The number of unbranched alkanes of at least 4 members (excludes halogenated alkanes) is 4. The first-order valence-electron chi connectivity index (χ1n) is 5.36. The van der Waals surface area contributed by atoms with Gasteiger partial charge in [-0.1, -0.05) is 13.3 Å². The highest BCUT2D eigenvalue weighted by Gasteiger charge is 1.91. The average Bonchev–Trinajstić information content (AvgIpc) is 2.15. The maximum absolute atomic E-state index is 10.4. The van der Waals surface area contributed by atoms with E-state index in [1.165, 1.54) is 19.8 Å².